The van der Waals surface area contributed by atoms with Gasteiger partial charge < -0.3 is 4.74 Å². The quantitative estimate of drug-likeness (QED) is 0.320. The summed E-state index contributed by atoms with van der Waals surface area (Å²) in [5.74, 6) is 0.497. The van der Waals surface area contributed by atoms with Crippen molar-refractivity contribution in [1.29, 1.82) is 0 Å². The first kappa shape index (κ1) is 19.7. The van der Waals surface area contributed by atoms with Gasteiger partial charge in [-0.05, 0) is 55.0 Å². The lowest BCUT2D eigenvalue weighted by atomic mass is 10.0. The maximum Gasteiger partial charge on any atom is 0.233 e. The van der Waals surface area contributed by atoms with E-state index in [-0.39, 0.29) is 0 Å². The summed E-state index contributed by atoms with van der Waals surface area (Å²) in [6, 6.07) is 14.4. The van der Waals surface area contributed by atoms with Crippen LogP contribution >= 0.6 is 0 Å². The van der Waals surface area contributed by atoms with Gasteiger partial charge in [0.15, 0.2) is 0 Å². The Morgan fingerprint density at radius 2 is 1.89 bits per heavy atom. The molecule has 1 aromatic heterocycles. The zero-order chi connectivity index (χ0) is 19.8. The number of hydrogen-bond donors (Lipinski definition) is 0. The Bertz CT molecular complexity index is 948. The third kappa shape index (κ3) is 5.49. The van der Waals surface area contributed by atoms with Gasteiger partial charge in [-0.1, -0.05) is 55.1 Å². The number of hydrogen-bond acceptors (Lipinski definition) is 3. The Morgan fingerprint density at radius 3 is 2.64 bits per heavy atom. The highest BCUT2D eigenvalue weighted by Gasteiger charge is 2.04. The Balaban J connectivity index is 1.68. The van der Waals surface area contributed by atoms with E-state index in [0.29, 0.717) is 18.9 Å². The molecule has 144 valence electrons. The van der Waals surface area contributed by atoms with E-state index in [4.69, 9.17) is 4.74 Å². The highest BCUT2D eigenvalue weighted by Crippen LogP contribution is 2.24. The van der Waals surface area contributed by atoms with E-state index in [1.165, 1.54) is 0 Å². The topological polar surface area (TPSA) is 35.0 Å². The van der Waals surface area contributed by atoms with E-state index in [2.05, 4.69) is 53.0 Å². The molecule has 0 amide bonds. The summed E-state index contributed by atoms with van der Waals surface area (Å²) in [7, 11) is 0. The first-order chi connectivity index (χ1) is 13.7. The highest BCUT2D eigenvalue weighted by molar-refractivity contribution is 5.81. The smallest absolute Gasteiger partial charge is 0.233 e. The molecular weight excluding hydrogens is 351 g/mol. The summed E-state index contributed by atoms with van der Waals surface area (Å²) < 4.78 is 18.2. The van der Waals surface area contributed by atoms with Gasteiger partial charge in [0.1, 0.15) is 6.61 Å². The van der Waals surface area contributed by atoms with Crippen LogP contribution in [0.1, 0.15) is 31.7 Å². The second kappa shape index (κ2) is 9.79. The van der Waals surface area contributed by atoms with E-state index >= 15 is 0 Å². The minimum absolute atomic E-state index is 0.411. The van der Waals surface area contributed by atoms with E-state index in [0.717, 1.165) is 40.6 Å². The molecule has 0 N–H and O–H groups in total. The molecule has 0 spiro atoms. The fourth-order valence-corrected chi connectivity index (χ4v) is 2.91. The number of ether oxygens (including phenoxy) is 1. The molecule has 0 radical (unpaired) electrons. The van der Waals surface area contributed by atoms with Crippen LogP contribution < -0.4 is 4.74 Å². The van der Waals surface area contributed by atoms with Crippen molar-refractivity contribution in [3.63, 3.8) is 0 Å². The van der Waals surface area contributed by atoms with Crippen LogP contribution in [0, 0.1) is 0 Å². The van der Waals surface area contributed by atoms with Gasteiger partial charge in [-0.15, -0.1) is 0 Å². The molecule has 0 saturated heterocycles. The van der Waals surface area contributed by atoms with Crippen LogP contribution in [-0.2, 0) is 0 Å². The number of allylic oxidation sites excluding steroid dienone is 1. The van der Waals surface area contributed by atoms with Crippen LogP contribution in [-0.4, -0.2) is 22.7 Å². The zero-order valence-corrected chi connectivity index (χ0v) is 16.1. The Kier molecular flexibility index (Phi) is 6.90. The summed E-state index contributed by atoms with van der Waals surface area (Å²) in [6.07, 6.45) is 9.19. The van der Waals surface area contributed by atoms with Crippen molar-refractivity contribution in [2.75, 3.05) is 6.61 Å². The van der Waals surface area contributed by atoms with Gasteiger partial charge in [-0.3, -0.25) is 0 Å². The molecular formula is C24H25FN2O. The number of nitrogens with zero attached hydrogens (tertiary/aromatic N) is 2. The van der Waals surface area contributed by atoms with Gasteiger partial charge in [-0.2, -0.15) is 0 Å². The molecule has 3 rings (SSSR count). The number of alkyl halides is 1. The molecule has 1 atom stereocenters. The molecule has 0 aliphatic rings. The van der Waals surface area contributed by atoms with Crippen molar-refractivity contribution in [2.24, 2.45) is 0 Å². The summed E-state index contributed by atoms with van der Waals surface area (Å²) in [5.41, 5.74) is 4.98. The lowest BCUT2D eigenvalue weighted by molar-refractivity contribution is 0.335. The van der Waals surface area contributed by atoms with Crippen LogP contribution in [0.5, 0.6) is 5.88 Å². The zero-order valence-electron chi connectivity index (χ0n) is 16.1. The van der Waals surface area contributed by atoms with Crippen LogP contribution in [0.25, 0.3) is 28.2 Å². The van der Waals surface area contributed by atoms with Crippen molar-refractivity contribution in [2.45, 2.75) is 32.4 Å². The number of halogens is 1. The van der Waals surface area contributed by atoms with Crippen LogP contribution in [0.15, 0.2) is 67.4 Å². The Hall–Kier alpha value is -3.01. The van der Waals surface area contributed by atoms with Crippen LogP contribution in [0.4, 0.5) is 4.39 Å². The highest BCUT2D eigenvalue weighted by atomic mass is 19.1. The molecule has 0 aliphatic carbocycles. The molecule has 1 heterocycles. The van der Waals surface area contributed by atoms with Gasteiger partial charge in [-0.25, -0.2) is 14.4 Å². The van der Waals surface area contributed by atoms with E-state index < -0.39 is 6.17 Å². The summed E-state index contributed by atoms with van der Waals surface area (Å²) >= 11 is 0. The molecule has 1 unspecified atom stereocenters. The van der Waals surface area contributed by atoms with Crippen LogP contribution in [0.3, 0.4) is 0 Å². The third-order valence-electron chi connectivity index (χ3n) is 4.40. The van der Waals surface area contributed by atoms with E-state index in [9.17, 15) is 4.39 Å². The maximum absolute atomic E-state index is 12.8. The second-order valence-electron chi connectivity index (χ2n) is 6.75. The molecule has 2 aromatic carbocycles. The summed E-state index contributed by atoms with van der Waals surface area (Å²) in [4.78, 5) is 8.90. The van der Waals surface area contributed by atoms with Gasteiger partial charge in [0.2, 0.25) is 5.88 Å². The normalized spacial score (nSPS) is 12.4. The number of fused-ring (bicyclic) bond motifs is 1. The number of benzene rings is 2. The fraction of sp³-hybridized carbons (Fsp3) is 0.250. The van der Waals surface area contributed by atoms with Gasteiger partial charge >= 0.3 is 0 Å². The molecule has 0 aliphatic heterocycles. The molecule has 4 heteroatoms. The second-order valence-corrected chi connectivity index (χ2v) is 6.75. The van der Waals surface area contributed by atoms with E-state index in [1.807, 2.05) is 18.2 Å². The minimum atomic E-state index is -0.717. The van der Waals surface area contributed by atoms with Crippen molar-refractivity contribution >= 4 is 17.1 Å². The lowest BCUT2D eigenvalue weighted by Gasteiger charge is -2.06. The SMILES string of the molecule is C=CCOc1cnc2cc(-c3ccc(C=CCCCC(C)F)cc3)ccc2n1. The first-order valence-corrected chi connectivity index (χ1v) is 9.57. The predicted octanol–water partition coefficient (Wildman–Crippen LogP) is 6.40. The fourth-order valence-electron chi connectivity index (χ4n) is 2.91. The number of rotatable bonds is 9. The van der Waals surface area contributed by atoms with E-state index in [1.54, 1.807) is 19.2 Å². The average Bonchev–Trinajstić information content (AvgIpc) is 2.71. The van der Waals surface area contributed by atoms with Gasteiger partial charge in [0, 0.05) is 0 Å². The summed E-state index contributed by atoms with van der Waals surface area (Å²) in [5, 5.41) is 0. The Labute approximate surface area is 165 Å². The minimum Gasteiger partial charge on any atom is -0.472 e. The lowest BCUT2D eigenvalue weighted by Crippen LogP contribution is -1.96. The van der Waals surface area contributed by atoms with Crippen LogP contribution in [0.2, 0.25) is 0 Å². The molecule has 0 fully saturated rings. The van der Waals surface area contributed by atoms with Crippen molar-refractivity contribution in [3.8, 4) is 17.0 Å². The monoisotopic (exact) mass is 376 g/mol. The largest absolute Gasteiger partial charge is 0.472 e. The number of aromatic nitrogens is 2. The van der Waals surface area contributed by atoms with Crippen molar-refractivity contribution in [1.82, 2.24) is 9.97 Å². The van der Waals surface area contributed by atoms with Crippen molar-refractivity contribution in [3.05, 3.63) is 73.0 Å². The number of unbranched alkanes of at least 4 members (excludes halogenated alkanes) is 1. The first-order valence-electron chi connectivity index (χ1n) is 9.57. The van der Waals surface area contributed by atoms with Gasteiger partial charge in [0.05, 0.1) is 23.4 Å². The molecule has 3 nitrogen and oxygen atoms in total. The van der Waals surface area contributed by atoms with Gasteiger partial charge in [0.25, 0.3) is 0 Å². The molecule has 0 saturated carbocycles. The average molecular weight is 376 g/mol. The summed E-state index contributed by atoms with van der Waals surface area (Å²) in [6.45, 7) is 5.65. The molecule has 3 aromatic rings. The Morgan fingerprint density at radius 1 is 1.11 bits per heavy atom. The van der Waals surface area contributed by atoms with Crippen molar-refractivity contribution < 1.29 is 9.13 Å². The predicted molar refractivity (Wildman–Crippen MR) is 114 cm³/mol. The standard InChI is InChI=1S/C24H25FN2O/c1-3-15-28-24-17-26-23-16-21(13-14-22(23)27-24)20-11-9-19(10-12-20)8-6-4-5-7-18(2)25/h3,6,8-14,16-18H,1,4-5,7,15H2,2H3. The third-order valence-corrected chi connectivity index (χ3v) is 4.40. The maximum atomic E-state index is 12.8. The molecule has 0 bridgehead atoms. The molecule has 28 heavy (non-hydrogen) atoms.